The average molecular weight is 230 g/mol. The first kappa shape index (κ1) is 11.0. The zero-order valence-corrected chi connectivity index (χ0v) is 8.91. The molecule has 2 rings (SSSR count). The molecule has 0 atom stereocenters. The summed E-state index contributed by atoms with van der Waals surface area (Å²) in [5, 5.41) is 2.63. The minimum absolute atomic E-state index is 0.0679. The van der Waals surface area contributed by atoms with Gasteiger partial charge in [0.25, 0.3) is 0 Å². The van der Waals surface area contributed by atoms with Gasteiger partial charge in [0.15, 0.2) is 0 Å². The van der Waals surface area contributed by atoms with Crippen LogP contribution in [0.4, 0.5) is 5.69 Å². The first-order chi connectivity index (χ1) is 8.25. The van der Waals surface area contributed by atoms with Crippen LogP contribution in [0.25, 0.3) is 0 Å². The number of hydrogen-bond acceptors (Lipinski definition) is 4. The molecule has 0 aliphatic carbocycles. The molecule has 0 radical (unpaired) electrons. The van der Waals surface area contributed by atoms with Crippen LogP contribution >= 0.6 is 0 Å². The van der Waals surface area contributed by atoms with Gasteiger partial charge in [-0.25, -0.2) is 9.78 Å². The van der Waals surface area contributed by atoms with Crippen LogP contribution in [0.15, 0.2) is 47.8 Å². The van der Waals surface area contributed by atoms with E-state index in [9.17, 15) is 9.59 Å². The van der Waals surface area contributed by atoms with Crippen molar-refractivity contribution in [3.8, 4) is 0 Å². The van der Waals surface area contributed by atoms with E-state index < -0.39 is 5.69 Å². The monoisotopic (exact) mass is 230 g/mol. The first-order valence-corrected chi connectivity index (χ1v) is 4.97. The van der Waals surface area contributed by atoms with Crippen molar-refractivity contribution in [3.05, 3.63) is 53.5 Å². The molecule has 0 aliphatic heterocycles. The van der Waals surface area contributed by atoms with Crippen molar-refractivity contribution in [2.75, 3.05) is 5.32 Å². The van der Waals surface area contributed by atoms with Crippen LogP contribution in [0.3, 0.4) is 0 Å². The van der Waals surface area contributed by atoms with Gasteiger partial charge in [0.2, 0.25) is 5.91 Å². The van der Waals surface area contributed by atoms with Gasteiger partial charge >= 0.3 is 5.69 Å². The molecule has 0 fully saturated rings. The largest absolute Gasteiger partial charge is 0.347 e. The number of carbonyl (C=O) groups is 1. The smallest absolute Gasteiger partial charge is 0.323 e. The van der Waals surface area contributed by atoms with Crippen molar-refractivity contribution in [1.29, 1.82) is 0 Å². The molecule has 0 spiro atoms. The van der Waals surface area contributed by atoms with E-state index in [1.165, 1.54) is 23.2 Å². The molecule has 1 amide bonds. The number of aromatic nitrogens is 3. The lowest BCUT2D eigenvalue weighted by Crippen LogP contribution is -2.28. The maximum absolute atomic E-state index is 11.6. The van der Waals surface area contributed by atoms with Gasteiger partial charge in [-0.2, -0.15) is 0 Å². The van der Waals surface area contributed by atoms with E-state index in [-0.39, 0.29) is 12.5 Å². The summed E-state index contributed by atoms with van der Waals surface area (Å²) in [5.74, 6) is -0.298. The maximum Gasteiger partial charge on any atom is 0.347 e. The van der Waals surface area contributed by atoms with Gasteiger partial charge in [0.05, 0.1) is 11.9 Å². The standard InChI is InChI=1S/C11H10N4O2/c16-10(14-9-3-1-4-12-7-9)8-15-6-2-5-13-11(15)17/h1-7H,8H2,(H,14,16). The molecule has 17 heavy (non-hydrogen) atoms. The van der Waals surface area contributed by atoms with Crippen molar-refractivity contribution < 1.29 is 4.79 Å². The minimum atomic E-state index is -0.450. The molecule has 0 saturated carbocycles. The third-order valence-corrected chi connectivity index (χ3v) is 2.04. The number of amides is 1. The lowest BCUT2D eigenvalue weighted by molar-refractivity contribution is -0.116. The van der Waals surface area contributed by atoms with Crippen molar-refractivity contribution >= 4 is 11.6 Å². The second kappa shape index (κ2) is 5.02. The molecule has 6 heteroatoms. The van der Waals surface area contributed by atoms with Gasteiger partial charge < -0.3 is 5.32 Å². The zero-order chi connectivity index (χ0) is 12.1. The Kier molecular flexibility index (Phi) is 3.25. The van der Waals surface area contributed by atoms with E-state index in [2.05, 4.69) is 15.3 Å². The van der Waals surface area contributed by atoms with Crippen LogP contribution in [0, 0.1) is 0 Å². The third-order valence-electron chi connectivity index (χ3n) is 2.04. The molecule has 86 valence electrons. The van der Waals surface area contributed by atoms with Crippen molar-refractivity contribution in [3.63, 3.8) is 0 Å². The Bertz CT molecular complexity index is 565. The molecule has 0 aliphatic rings. The summed E-state index contributed by atoms with van der Waals surface area (Å²) < 4.78 is 1.23. The fraction of sp³-hybridized carbons (Fsp3) is 0.0909. The second-order valence-corrected chi connectivity index (χ2v) is 3.32. The number of rotatable bonds is 3. The van der Waals surface area contributed by atoms with Gasteiger partial charge in [-0.3, -0.25) is 14.3 Å². The highest BCUT2D eigenvalue weighted by atomic mass is 16.2. The Morgan fingerprint density at radius 2 is 2.24 bits per heavy atom. The fourth-order valence-electron chi connectivity index (χ4n) is 1.30. The van der Waals surface area contributed by atoms with Gasteiger partial charge in [0.1, 0.15) is 6.54 Å². The van der Waals surface area contributed by atoms with Gasteiger partial charge in [-0.1, -0.05) is 0 Å². The molecule has 0 bridgehead atoms. The Labute approximate surface area is 97.0 Å². The number of nitrogens with zero attached hydrogens (tertiary/aromatic N) is 3. The van der Waals surface area contributed by atoms with Crippen LogP contribution in [-0.2, 0) is 11.3 Å². The Hall–Kier alpha value is -2.50. The molecule has 2 aromatic rings. The van der Waals surface area contributed by atoms with Crippen LogP contribution in [0.2, 0.25) is 0 Å². The van der Waals surface area contributed by atoms with E-state index in [4.69, 9.17) is 0 Å². The highest BCUT2D eigenvalue weighted by Gasteiger charge is 2.04. The molecule has 2 heterocycles. The first-order valence-electron chi connectivity index (χ1n) is 4.97. The molecule has 1 N–H and O–H groups in total. The van der Waals surface area contributed by atoms with E-state index in [1.807, 2.05) is 0 Å². The second-order valence-electron chi connectivity index (χ2n) is 3.32. The number of pyridine rings is 1. The van der Waals surface area contributed by atoms with Crippen LogP contribution < -0.4 is 11.0 Å². The SMILES string of the molecule is O=C(Cn1cccnc1=O)Nc1cccnc1. The molecule has 0 aromatic carbocycles. The molecule has 0 unspecified atom stereocenters. The maximum atomic E-state index is 11.6. The van der Waals surface area contributed by atoms with Crippen molar-refractivity contribution in [1.82, 2.24) is 14.5 Å². The Morgan fingerprint density at radius 3 is 2.94 bits per heavy atom. The molecule has 6 nitrogen and oxygen atoms in total. The molecular weight excluding hydrogens is 220 g/mol. The van der Waals surface area contributed by atoms with Crippen LogP contribution in [-0.4, -0.2) is 20.4 Å². The predicted molar refractivity (Wildman–Crippen MR) is 61.4 cm³/mol. The number of carbonyl (C=O) groups excluding carboxylic acids is 1. The lowest BCUT2D eigenvalue weighted by atomic mass is 10.4. The number of anilines is 1. The Balaban J connectivity index is 2.04. The molecular formula is C11H10N4O2. The third kappa shape index (κ3) is 2.97. The zero-order valence-electron chi connectivity index (χ0n) is 8.91. The van der Waals surface area contributed by atoms with Crippen molar-refractivity contribution in [2.45, 2.75) is 6.54 Å². The quantitative estimate of drug-likeness (QED) is 0.821. The van der Waals surface area contributed by atoms with Gasteiger partial charge in [0, 0.05) is 18.6 Å². The molecule has 0 saturated heterocycles. The lowest BCUT2D eigenvalue weighted by Gasteiger charge is -2.05. The van der Waals surface area contributed by atoms with Gasteiger partial charge in [-0.05, 0) is 18.2 Å². The van der Waals surface area contributed by atoms with Crippen molar-refractivity contribution in [2.24, 2.45) is 0 Å². The fourth-order valence-corrected chi connectivity index (χ4v) is 1.30. The summed E-state index contributed by atoms with van der Waals surface area (Å²) >= 11 is 0. The summed E-state index contributed by atoms with van der Waals surface area (Å²) in [6.07, 6.45) is 6.04. The minimum Gasteiger partial charge on any atom is -0.323 e. The van der Waals surface area contributed by atoms with E-state index >= 15 is 0 Å². The number of nitrogens with one attached hydrogen (secondary N) is 1. The van der Waals surface area contributed by atoms with Gasteiger partial charge in [-0.15, -0.1) is 0 Å². The van der Waals surface area contributed by atoms with E-state index in [0.29, 0.717) is 5.69 Å². The summed E-state index contributed by atoms with van der Waals surface area (Å²) in [4.78, 5) is 30.3. The summed E-state index contributed by atoms with van der Waals surface area (Å²) in [5.41, 5.74) is 0.142. The van der Waals surface area contributed by atoms with Crippen LogP contribution in [0.5, 0.6) is 0 Å². The topological polar surface area (TPSA) is 76.9 Å². The highest BCUT2D eigenvalue weighted by Crippen LogP contribution is 2.02. The Morgan fingerprint density at radius 1 is 1.35 bits per heavy atom. The molecule has 2 aromatic heterocycles. The van der Waals surface area contributed by atoms with E-state index in [1.54, 1.807) is 24.4 Å². The van der Waals surface area contributed by atoms with E-state index in [0.717, 1.165) is 0 Å². The predicted octanol–water partition coefficient (Wildman–Crippen LogP) is 0.277. The highest BCUT2D eigenvalue weighted by molar-refractivity contribution is 5.90. The summed E-state index contributed by atoms with van der Waals surface area (Å²) in [6, 6.07) is 5.03. The van der Waals surface area contributed by atoms with Crippen LogP contribution in [0.1, 0.15) is 0 Å². The summed E-state index contributed by atoms with van der Waals surface area (Å²) in [7, 11) is 0. The number of hydrogen-bond donors (Lipinski definition) is 1. The average Bonchev–Trinajstić information content (AvgIpc) is 2.33. The normalized spacial score (nSPS) is 9.88. The summed E-state index contributed by atoms with van der Waals surface area (Å²) in [6.45, 7) is -0.0679.